The number of morpholine rings is 1. The first-order chi connectivity index (χ1) is 18.7. The second-order valence-corrected chi connectivity index (χ2v) is 11.8. The van der Waals surface area contributed by atoms with Gasteiger partial charge in [-0.05, 0) is 92.7 Å². The van der Waals surface area contributed by atoms with Crippen molar-refractivity contribution < 1.29 is 4.74 Å². The molecule has 0 aliphatic carbocycles. The summed E-state index contributed by atoms with van der Waals surface area (Å²) in [4.78, 5) is 11.6. The van der Waals surface area contributed by atoms with Gasteiger partial charge in [-0.15, -0.1) is 0 Å². The van der Waals surface area contributed by atoms with Crippen LogP contribution in [-0.2, 0) is 4.74 Å². The minimum absolute atomic E-state index is 0.0941. The van der Waals surface area contributed by atoms with Gasteiger partial charge in [0.15, 0.2) is 5.11 Å². The molecule has 3 aliphatic heterocycles. The zero-order valence-electron chi connectivity index (χ0n) is 22.8. The zero-order chi connectivity index (χ0) is 27.3. The van der Waals surface area contributed by atoms with Crippen LogP contribution in [0, 0.1) is 0 Å². The number of halogens is 1. The summed E-state index contributed by atoms with van der Waals surface area (Å²) in [5.41, 5.74) is 7.64. The highest BCUT2D eigenvalue weighted by Gasteiger charge is 2.42. The number of nitrogens with zero attached hydrogens (tertiary/aromatic N) is 4. The quantitative estimate of drug-likeness (QED) is 0.372. The molecule has 0 amide bonds. The first-order valence-corrected chi connectivity index (χ1v) is 14.2. The van der Waals surface area contributed by atoms with E-state index in [1.807, 2.05) is 24.4 Å². The normalized spacial score (nSPS) is 22.4. The van der Waals surface area contributed by atoms with Crippen molar-refractivity contribution in [1.82, 2.24) is 10.3 Å². The summed E-state index contributed by atoms with van der Waals surface area (Å²) in [6.45, 7) is 9.94. The van der Waals surface area contributed by atoms with Crippen molar-refractivity contribution >= 4 is 51.6 Å². The average molecular weight is 560 g/mol. The van der Waals surface area contributed by atoms with Crippen molar-refractivity contribution in [2.45, 2.75) is 38.4 Å². The van der Waals surface area contributed by atoms with Crippen LogP contribution in [0.2, 0.25) is 5.02 Å². The van der Waals surface area contributed by atoms with Crippen molar-refractivity contribution in [2.75, 3.05) is 48.1 Å². The highest BCUT2D eigenvalue weighted by Crippen LogP contribution is 2.48. The van der Waals surface area contributed by atoms with E-state index in [1.54, 1.807) is 0 Å². The van der Waals surface area contributed by atoms with Crippen LogP contribution in [0.15, 0.2) is 66.9 Å². The third-order valence-corrected chi connectivity index (χ3v) is 8.90. The van der Waals surface area contributed by atoms with Crippen LogP contribution in [0.5, 0.6) is 0 Å². The van der Waals surface area contributed by atoms with Crippen LogP contribution in [0.4, 0.5) is 17.1 Å². The Balaban J connectivity index is 1.45. The fourth-order valence-electron chi connectivity index (χ4n) is 6.01. The molecule has 0 spiro atoms. The summed E-state index contributed by atoms with van der Waals surface area (Å²) in [7, 11) is 2.13. The van der Waals surface area contributed by atoms with Gasteiger partial charge in [-0.3, -0.25) is 4.98 Å². The molecule has 2 aromatic carbocycles. The number of pyridine rings is 1. The number of aromatic nitrogens is 1. The molecule has 8 heteroatoms. The highest BCUT2D eigenvalue weighted by molar-refractivity contribution is 7.80. The number of hydrogen-bond acceptors (Lipinski definition) is 5. The highest BCUT2D eigenvalue weighted by atomic mass is 35.5. The predicted octanol–water partition coefficient (Wildman–Crippen LogP) is 6.38. The Bertz CT molecular complexity index is 1420. The number of anilines is 3. The number of ether oxygens (including phenoxy) is 1. The van der Waals surface area contributed by atoms with E-state index in [0.29, 0.717) is 5.11 Å². The summed E-state index contributed by atoms with van der Waals surface area (Å²) in [6, 6.07) is 18.7. The minimum atomic E-state index is -0.174. The lowest BCUT2D eigenvalue weighted by Gasteiger charge is -2.41. The van der Waals surface area contributed by atoms with E-state index in [-0.39, 0.29) is 17.6 Å². The van der Waals surface area contributed by atoms with Crippen molar-refractivity contribution in [3.63, 3.8) is 0 Å². The molecule has 1 N–H and O–H groups in total. The first kappa shape index (κ1) is 26.1. The number of thiocarbonyl (C=S) groups is 1. The monoisotopic (exact) mass is 559 g/mol. The molecule has 1 aromatic heterocycles. The largest absolute Gasteiger partial charge is 0.378 e. The van der Waals surface area contributed by atoms with Gasteiger partial charge in [-0.1, -0.05) is 23.7 Å². The zero-order valence-corrected chi connectivity index (χ0v) is 24.4. The Hall–Kier alpha value is -3.13. The summed E-state index contributed by atoms with van der Waals surface area (Å²) in [5.74, 6) is 0. The fourth-order valence-corrected chi connectivity index (χ4v) is 6.62. The molecule has 39 heavy (non-hydrogen) atoms. The van der Waals surface area contributed by atoms with Gasteiger partial charge in [0.2, 0.25) is 0 Å². The second-order valence-electron chi connectivity index (χ2n) is 11.0. The van der Waals surface area contributed by atoms with Crippen LogP contribution >= 0.6 is 23.8 Å². The first-order valence-electron chi connectivity index (χ1n) is 13.4. The standard InChI is InChI=1S/C31H34ClN5OS/c1-20-19-31(2,3)35(4)27-18-25(32)24(17-23(20)27)29-28(26-7-5-6-12-33-26)34-30(39)37(29)22-10-8-21(9-11-22)36-13-15-38-16-14-36/h5-12,17-19,28-29H,13-16H2,1-4H3,(H,34,39). The van der Waals surface area contributed by atoms with Crippen LogP contribution in [0.25, 0.3) is 5.57 Å². The summed E-state index contributed by atoms with van der Waals surface area (Å²) < 4.78 is 5.53. The molecular weight excluding hydrogens is 526 g/mol. The fraction of sp³-hybridized carbons (Fsp3) is 0.355. The lowest BCUT2D eigenvalue weighted by molar-refractivity contribution is 0.122. The second kappa shape index (κ2) is 10.1. The summed E-state index contributed by atoms with van der Waals surface area (Å²) >= 11 is 13.1. The van der Waals surface area contributed by atoms with E-state index < -0.39 is 0 Å². The van der Waals surface area contributed by atoms with E-state index >= 15 is 0 Å². The van der Waals surface area contributed by atoms with Gasteiger partial charge >= 0.3 is 0 Å². The van der Waals surface area contributed by atoms with Crippen molar-refractivity contribution in [2.24, 2.45) is 0 Å². The van der Waals surface area contributed by atoms with Crippen molar-refractivity contribution in [1.29, 1.82) is 0 Å². The third kappa shape index (κ3) is 4.66. The van der Waals surface area contributed by atoms with Crippen molar-refractivity contribution in [3.8, 4) is 0 Å². The lowest BCUT2D eigenvalue weighted by Crippen LogP contribution is -2.42. The number of hydrogen-bond donors (Lipinski definition) is 1. The molecule has 2 atom stereocenters. The molecule has 2 fully saturated rings. The minimum Gasteiger partial charge on any atom is -0.378 e. The van der Waals surface area contributed by atoms with Gasteiger partial charge < -0.3 is 24.8 Å². The van der Waals surface area contributed by atoms with E-state index in [1.165, 1.54) is 16.8 Å². The van der Waals surface area contributed by atoms with Crippen LogP contribution < -0.4 is 20.0 Å². The molecule has 2 unspecified atom stereocenters. The average Bonchev–Trinajstić information content (AvgIpc) is 3.29. The SMILES string of the molecule is CC1=CC(C)(C)N(C)c2cc(Cl)c(C3C(c4ccccn4)NC(=S)N3c3ccc(N4CCOCC4)cc3)cc21. The van der Waals surface area contributed by atoms with Crippen LogP contribution in [-0.4, -0.2) is 49.0 Å². The van der Waals surface area contributed by atoms with Gasteiger partial charge in [-0.25, -0.2) is 0 Å². The Morgan fingerprint density at radius 3 is 2.46 bits per heavy atom. The molecule has 2 saturated heterocycles. The Morgan fingerprint density at radius 1 is 1.05 bits per heavy atom. The predicted molar refractivity (Wildman–Crippen MR) is 165 cm³/mol. The van der Waals surface area contributed by atoms with E-state index in [9.17, 15) is 0 Å². The number of likely N-dealkylation sites (N-methyl/N-ethyl adjacent to an activating group) is 1. The molecule has 202 valence electrons. The number of benzene rings is 2. The van der Waals surface area contributed by atoms with Gasteiger partial charge in [0.1, 0.15) is 0 Å². The molecule has 6 rings (SSSR count). The van der Waals surface area contributed by atoms with E-state index in [2.05, 4.69) is 90.3 Å². The van der Waals surface area contributed by atoms with E-state index in [0.717, 1.165) is 54.0 Å². The molecule has 0 saturated carbocycles. The Kier molecular flexibility index (Phi) is 6.78. The summed E-state index contributed by atoms with van der Waals surface area (Å²) in [6.07, 6.45) is 4.15. The molecule has 0 radical (unpaired) electrons. The topological polar surface area (TPSA) is 43.9 Å². The van der Waals surface area contributed by atoms with Gasteiger partial charge in [0.05, 0.1) is 36.5 Å². The van der Waals surface area contributed by atoms with Crippen LogP contribution in [0.1, 0.15) is 49.7 Å². The third-order valence-electron chi connectivity index (χ3n) is 8.26. The maximum Gasteiger partial charge on any atom is 0.174 e. The maximum absolute atomic E-state index is 7.14. The molecule has 0 bridgehead atoms. The Morgan fingerprint density at radius 2 is 1.77 bits per heavy atom. The molecular formula is C31H34ClN5OS. The van der Waals surface area contributed by atoms with E-state index in [4.69, 9.17) is 33.5 Å². The number of rotatable bonds is 4. The molecule has 4 heterocycles. The maximum atomic E-state index is 7.14. The van der Waals surface area contributed by atoms with Gasteiger partial charge in [0, 0.05) is 54.0 Å². The molecule has 6 nitrogen and oxygen atoms in total. The number of fused-ring (bicyclic) bond motifs is 1. The molecule has 3 aromatic rings. The number of nitrogens with one attached hydrogen (secondary N) is 1. The van der Waals surface area contributed by atoms with Crippen molar-refractivity contribution in [3.05, 3.63) is 88.7 Å². The lowest BCUT2D eigenvalue weighted by atomic mass is 9.86. The smallest absolute Gasteiger partial charge is 0.174 e. The van der Waals surface area contributed by atoms with Crippen LogP contribution in [0.3, 0.4) is 0 Å². The summed E-state index contributed by atoms with van der Waals surface area (Å²) in [5, 5.41) is 4.95. The van der Waals surface area contributed by atoms with Gasteiger partial charge in [-0.2, -0.15) is 0 Å². The van der Waals surface area contributed by atoms with Gasteiger partial charge in [0.25, 0.3) is 0 Å². The Labute approximate surface area is 241 Å². The molecule has 3 aliphatic rings. The number of allylic oxidation sites excluding steroid dienone is 1.